The minimum atomic E-state index is -0.707. The molecule has 0 atom stereocenters. The van der Waals surface area contributed by atoms with Gasteiger partial charge in [0.1, 0.15) is 22.9 Å². The number of halogens is 3. The standard InChI is InChI=1S/C21H10Cl2FN3O3/c22-14-7-11(29-15-3-1-2-10-6-16(24)30-19(10)15)4-5-12(14)18(28)13-8-25-21-17(13)20(23)26-9-27-21/h1-9H,(H,25,26,27). The lowest BCUT2D eigenvalue weighted by Crippen LogP contribution is -2.02. The number of hydrogen-bond donors (Lipinski definition) is 1. The van der Waals surface area contributed by atoms with Gasteiger partial charge in [0, 0.05) is 29.3 Å². The summed E-state index contributed by atoms with van der Waals surface area (Å²) >= 11 is 12.5. The first-order valence-electron chi connectivity index (χ1n) is 8.69. The molecule has 30 heavy (non-hydrogen) atoms. The first-order chi connectivity index (χ1) is 14.5. The van der Waals surface area contributed by atoms with Crippen LogP contribution in [0.1, 0.15) is 15.9 Å². The topological polar surface area (TPSA) is 81.0 Å². The molecule has 0 radical (unpaired) electrons. The van der Waals surface area contributed by atoms with Crippen molar-refractivity contribution >= 4 is 51.0 Å². The van der Waals surface area contributed by atoms with Crippen molar-refractivity contribution in [2.45, 2.75) is 0 Å². The molecule has 0 aliphatic heterocycles. The molecule has 0 bridgehead atoms. The number of carbonyl (C=O) groups excluding carboxylic acids is 1. The number of nitrogens with one attached hydrogen (secondary N) is 1. The Morgan fingerprint density at radius 1 is 1.10 bits per heavy atom. The van der Waals surface area contributed by atoms with Gasteiger partial charge < -0.3 is 14.1 Å². The lowest BCUT2D eigenvalue weighted by molar-refractivity contribution is 0.104. The number of para-hydroxylation sites is 1. The summed E-state index contributed by atoms with van der Waals surface area (Å²) in [6, 6.07) is 10.3. The number of furan rings is 1. The molecule has 0 aliphatic rings. The van der Waals surface area contributed by atoms with Crippen LogP contribution in [0.2, 0.25) is 10.2 Å². The SMILES string of the molecule is O=C(c1ccc(Oc2cccc3cc(F)oc23)cc1Cl)c1c[nH]c2ncnc(Cl)c12. The van der Waals surface area contributed by atoms with Crippen molar-refractivity contribution in [1.82, 2.24) is 15.0 Å². The first-order valence-corrected chi connectivity index (χ1v) is 9.44. The third-order valence-electron chi connectivity index (χ3n) is 4.56. The highest BCUT2D eigenvalue weighted by molar-refractivity contribution is 6.38. The highest BCUT2D eigenvalue weighted by Gasteiger charge is 2.20. The Balaban J connectivity index is 1.49. The number of ether oxygens (including phenoxy) is 1. The van der Waals surface area contributed by atoms with Crippen molar-refractivity contribution < 1.29 is 18.3 Å². The maximum Gasteiger partial charge on any atom is 0.279 e. The Hall–Kier alpha value is -3.42. The Morgan fingerprint density at radius 2 is 1.97 bits per heavy atom. The molecule has 3 aromatic heterocycles. The van der Waals surface area contributed by atoms with Crippen LogP contribution in [0.5, 0.6) is 11.5 Å². The molecule has 2 aromatic carbocycles. The molecule has 5 rings (SSSR count). The Kier molecular flexibility index (Phi) is 4.42. The second-order valence-corrected chi connectivity index (χ2v) is 7.15. The van der Waals surface area contributed by atoms with Gasteiger partial charge in [-0.25, -0.2) is 9.97 Å². The van der Waals surface area contributed by atoms with E-state index in [1.165, 1.54) is 24.7 Å². The molecule has 0 unspecified atom stereocenters. The van der Waals surface area contributed by atoms with E-state index in [1.54, 1.807) is 30.3 Å². The van der Waals surface area contributed by atoms with E-state index < -0.39 is 6.01 Å². The molecule has 0 fully saturated rings. The largest absolute Gasteiger partial charge is 0.453 e. The first kappa shape index (κ1) is 18.6. The van der Waals surface area contributed by atoms with Gasteiger partial charge in [-0.15, -0.1) is 0 Å². The zero-order valence-corrected chi connectivity index (χ0v) is 16.5. The molecule has 1 N–H and O–H groups in total. The summed E-state index contributed by atoms with van der Waals surface area (Å²) in [5.74, 6) is 0.345. The van der Waals surface area contributed by atoms with Gasteiger partial charge in [-0.05, 0) is 18.2 Å². The van der Waals surface area contributed by atoms with Crippen molar-refractivity contribution in [3.05, 3.63) is 82.3 Å². The number of ketones is 1. The molecule has 0 saturated heterocycles. The number of carbonyl (C=O) groups is 1. The fraction of sp³-hybridized carbons (Fsp3) is 0. The van der Waals surface area contributed by atoms with Gasteiger partial charge in [-0.2, -0.15) is 4.39 Å². The van der Waals surface area contributed by atoms with E-state index in [-0.39, 0.29) is 27.1 Å². The summed E-state index contributed by atoms with van der Waals surface area (Å²) in [7, 11) is 0. The number of rotatable bonds is 4. The van der Waals surface area contributed by atoms with Crippen molar-refractivity contribution in [2.75, 3.05) is 0 Å². The number of fused-ring (bicyclic) bond motifs is 2. The van der Waals surface area contributed by atoms with Gasteiger partial charge >= 0.3 is 0 Å². The van der Waals surface area contributed by atoms with E-state index in [2.05, 4.69) is 15.0 Å². The highest BCUT2D eigenvalue weighted by atomic mass is 35.5. The van der Waals surface area contributed by atoms with Crippen LogP contribution in [0, 0.1) is 6.01 Å². The quantitative estimate of drug-likeness (QED) is 0.266. The van der Waals surface area contributed by atoms with Crippen LogP contribution in [0.25, 0.3) is 22.0 Å². The summed E-state index contributed by atoms with van der Waals surface area (Å²) in [5.41, 5.74) is 1.29. The van der Waals surface area contributed by atoms with Crippen LogP contribution < -0.4 is 4.74 Å². The monoisotopic (exact) mass is 441 g/mol. The number of H-pyrrole nitrogens is 1. The van der Waals surface area contributed by atoms with E-state index in [1.807, 2.05) is 0 Å². The number of hydrogen-bond acceptors (Lipinski definition) is 5. The van der Waals surface area contributed by atoms with Crippen molar-refractivity contribution in [3.8, 4) is 11.5 Å². The van der Waals surface area contributed by atoms with Gasteiger partial charge in [0.15, 0.2) is 17.1 Å². The zero-order valence-electron chi connectivity index (χ0n) is 14.9. The zero-order chi connectivity index (χ0) is 20.8. The van der Waals surface area contributed by atoms with Crippen molar-refractivity contribution in [1.29, 1.82) is 0 Å². The minimum absolute atomic E-state index is 0.166. The predicted octanol–water partition coefficient (Wildman–Crippen LogP) is 6.17. The van der Waals surface area contributed by atoms with E-state index in [4.69, 9.17) is 32.4 Å². The van der Waals surface area contributed by atoms with Crippen LogP contribution in [-0.2, 0) is 0 Å². The summed E-state index contributed by atoms with van der Waals surface area (Å²) in [6.07, 6.45) is 2.82. The fourth-order valence-corrected chi connectivity index (χ4v) is 3.70. The average Bonchev–Trinajstić information content (AvgIpc) is 3.32. The van der Waals surface area contributed by atoms with E-state index >= 15 is 0 Å². The molecular weight excluding hydrogens is 432 g/mol. The van der Waals surface area contributed by atoms with E-state index in [0.717, 1.165) is 0 Å². The fourth-order valence-electron chi connectivity index (χ4n) is 3.20. The average molecular weight is 442 g/mol. The predicted molar refractivity (Wildman–Crippen MR) is 110 cm³/mol. The number of aromatic nitrogens is 3. The van der Waals surface area contributed by atoms with Gasteiger partial charge in [0.25, 0.3) is 6.01 Å². The van der Waals surface area contributed by atoms with E-state index in [0.29, 0.717) is 33.5 Å². The lowest BCUT2D eigenvalue weighted by atomic mass is 10.0. The maximum absolute atomic E-state index is 13.4. The molecule has 3 heterocycles. The molecular formula is C21H10Cl2FN3O3. The van der Waals surface area contributed by atoms with E-state index in [9.17, 15) is 9.18 Å². The third kappa shape index (κ3) is 3.08. The highest BCUT2D eigenvalue weighted by Crippen LogP contribution is 2.34. The third-order valence-corrected chi connectivity index (χ3v) is 5.16. The molecule has 148 valence electrons. The summed E-state index contributed by atoms with van der Waals surface area (Å²) in [4.78, 5) is 23.9. The van der Waals surface area contributed by atoms with Gasteiger partial charge in [-0.3, -0.25) is 4.79 Å². The number of aromatic amines is 1. The van der Waals surface area contributed by atoms with Crippen LogP contribution in [-0.4, -0.2) is 20.7 Å². The Labute approximate surface area is 178 Å². The molecule has 0 saturated carbocycles. The molecule has 0 aliphatic carbocycles. The normalized spacial score (nSPS) is 11.3. The summed E-state index contributed by atoms with van der Waals surface area (Å²) < 4.78 is 24.3. The lowest BCUT2D eigenvalue weighted by Gasteiger charge is -2.09. The van der Waals surface area contributed by atoms with Gasteiger partial charge in [0.05, 0.1) is 16.0 Å². The van der Waals surface area contributed by atoms with Crippen molar-refractivity contribution in [2.24, 2.45) is 0 Å². The summed E-state index contributed by atoms with van der Waals surface area (Å²) in [5, 5.41) is 1.34. The van der Waals surface area contributed by atoms with Crippen LogP contribution in [0.15, 0.2) is 59.4 Å². The Morgan fingerprint density at radius 3 is 2.80 bits per heavy atom. The second kappa shape index (κ2) is 7.12. The molecule has 6 nitrogen and oxygen atoms in total. The maximum atomic E-state index is 13.4. The molecule has 0 amide bonds. The van der Waals surface area contributed by atoms with Crippen LogP contribution in [0.3, 0.4) is 0 Å². The van der Waals surface area contributed by atoms with Crippen LogP contribution in [0.4, 0.5) is 4.39 Å². The van der Waals surface area contributed by atoms with Crippen LogP contribution >= 0.6 is 23.2 Å². The molecule has 0 spiro atoms. The second-order valence-electron chi connectivity index (χ2n) is 6.39. The van der Waals surface area contributed by atoms with Gasteiger partial charge in [-0.1, -0.05) is 35.3 Å². The number of benzene rings is 2. The molecule has 9 heteroatoms. The Bertz CT molecular complexity index is 1440. The molecule has 5 aromatic rings. The smallest absolute Gasteiger partial charge is 0.279 e. The van der Waals surface area contributed by atoms with Gasteiger partial charge in [0.2, 0.25) is 0 Å². The number of nitrogens with zero attached hydrogens (tertiary/aromatic N) is 2. The summed E-state index contributed by atoms with van der Waals surface area (Å²) in [6.45, 7) is 0. The van der Waals surface area contributed by atoms with Crippen molar-refractivity contribution in [3.63, 3.8) is 0 Å². The minimum Gasteiger partial charge on any atom is -0.453 e.